The van der Waals surface area contributed by atoms with Crippen LogP contribution in [0.5, 0.6) is 0 Å². The number of halogens is 6. The van der Waals surface area contributed by atoms with Gasteiger partial charge in [0.25, 0.3) is 9.49 Å². The van der Waals surface area contributed by atoms with Crippen LogP contribution < -0.4 is 4.79 Å². The quantitative estimate of drug-likeness (QED) is 0.503. The number of hydrogen-bond acceptors (Lipinski definition) is 0. The van der Waals surface area contributed by atoms with Crippen molar-refractivity contribution in [2.45, 2.75) is 3.79 Å². The van der Waals surface area contributed by atoms with Gasteiger partial charge in [0.2, 0.25) is 0 Å². The molecule has 1 aromatic rings. The average molecular weight is 284 g/mol. The molecule has 0 unspecified atom stereocenters. The van der Waals surface area contributed by atoms with E-state index in [9.17, 15) is 4.48 Å². The van der Waals surface area contributed by atoms with Crippen LogP contribution >= 0.6 is 58.0 Å². The lowest BCUT2D eigenvalue weighted by Gasteiger charge is -2.04. The lowest BCUT2D eigenvalue weighted by molar-refractivity contribution is -0.847. The Kier molecular flexibility index (Phi) is 3.53. The average Bonchev–Trinajstić information content (AvgIpc) is 1.98. The first-order valence-electron chi connectivity index (χ1n) is 2.97. The zero-order valence-electron chi connectivity index (χ0n) is 5.87. The summed E-state index contributed by atoms with van der Waals surface area (Å²) >= 11 is 27.4. The molecule has 0 aliphatic rings. The molecular formula is C6H2Cl5FN+. The smallest absolute Gasteiger partial charge is 0.0758 e. The van der Waals surface area contributed by atoms with Crippen LogP contribution in [-0.4, -0.2) is 0 Å². The van der Waals surface area contributed by atoms with Crippen molar-refractivity contribution in [2.24, 2.45) is 0 Å². The normalized spacial score (nSPS) is 11.8. The van der Waals surface area contributed by atoms with Crippen molar-refractivity contribution in [1.82, 2.24) is 0 Å². The summed E-state index contributed by atoms with van der Waals surface area (Å²) in [5.41, 5.74) is -0.202. The van der Waals surface area contributed by atoms with Crippen LogP contribution in [0.15, 0.2) is 12.1 Å². The van der Waals surface area contributed by atoms with E-state index in [1.165, 1.54) is 12.1 Å². The number of aromatic nitrogens is 1. The summed E-state index contributed by atoms with van der Waals surface area (Å²) in [5.74, 6) is 0. The minimum absolute atomic E-state index is 0.0247. The minimum Gasteiger partial charge on any atom is -0.0758 e. The summed E-state index contributed by atoms with van der Waals surface area (Å²) in [6.07, 6.45) is 0. The number of pyridine rings is 1. The van der Waals surface area contributed by atoms with Gasteiger partial charge in [-0.2, -0.15) is 0 Å². The van der Waals surface area contributed by atoms with Crippen LogP contribution in [0.3, 0.4) is 0 Å². The Hall–Kier alpha value is 0.530. The molecule has 0 saturated heterocycles. The molecule has 0 fully saturated rings. The molecule has 7 heteroatoms. The fourth-order valence-corrected chi connectivity index (χ4v) is 1.39. The van der Waals surface area contributed by atoms with Gasteiger partial charge in [-0.3, -0.25) is 0 Å². The van der Waals surface area contributed by atoms with Gasteiger partial charge in [-0.15, -0.1) is 0 Å². The molecule has 0 amide bonds. The predicted molar refractivity (Wildman–Crippen MR) is 52.4 cm³/mol. The van der Waals surface area contributed by atoms with Crippen LogP contribution in [0.1, 0.15) is 5.69 Å². The van der Waals surface area contributed by atoms with Crippen molar-refractivity contribution in [3.63, 3.8) is 0 Å². The molecule has 1 heterocycles. The topological polar surface area (TPSA) is 3.88 Å². The zero-order chi connectivity index (χ0) is 10.2. The highest BCUT2D eigenvalue weighted by molar-refractivity contribution is 6.66. The van der Waals surface area contributed by atoms with Crippen molar-refractivity contribution in [3.05, 3.63) is 28.0 Å². The Morgan fingerprint density at radius 1 is 1.15 bits per heavy atom. The van der Waals surface area contributed by atoms with Gasteiger partial charge in [-0.05, 0) is 17.7 Å². The van der Waals surface area contributed by atoms with E-state index in [-0.39, 0.29) is 20.7 Å². The van der Waals surface area contributed by atoms with E-state index in [1.54, 1.807) is 0 Å². The van der Waals surface area contributed by atoms with Crippen molar-refractivity contribution in [1.29, 1.82) is 0 Å². The Morgan fingerprint density at radius 2 is 1.69 bits per heavy atom. The first-order valence-corrected chi connectivity index (χ1v) is 4.86. The van der Waals surface area contributed by atoms with Gasteiger partial charge >= 0.3 is 5.15 Å². The maximum Gasteiger partial charge on any atom is 0.340 e. The maximum absolute atomic E-state index is 13.2. The summed E-state index contributed by atoms with van der Waals surface area (Å²) < 4.78 is 11.3. The van der Waals surface area contributed by atoms with E-state index in [0.29, 0.717) is 0 Å². The standard InChI is InChI=1S/C6H2Cl5FN/c7-3-1-2-4(6(9,10)11)13(12)5(3)8/h1-2H/q+1. The predicted octanol–water partition coefficient (Wildman–Crippen LogP) is 3.84. The monoisotopic (exact) mass is 282 g/mol. The van der Waals surface area contributed by atoms with E-state index >= 15 is 0 Å². The Morgan fingerprint density at radius 3 is 2.15 bits per heavy atom. The molecule has 0 bridgehead atoms. The van der Waals surface area contributed by atoms with E-state index in [2.05, 4.69) is 0 Å². The van der Waals surface area contributed by atoms with Gasteiger partial charge in [0.05, 0.1) is 4.48 Å². The molecule has 0 aliphatic carbocycles. The largest absolute Gasteiger partial charge is 0.340 e. The lowest BCUT2D eigenvalue weighted by Crippen LogP contribution is -2.34. The number of hydrogen-bond donors (Lipinski definition) is 0. The maximum atomic E-state index is 13.2. The third-order valence-electron chi connectivity index (χ3n) is 1.26. The Labute approximate surface area is 98.8 Å². The molecule has 1 nitrogen and oxygen atoms in total. The molecule has 1 aromatic heterocycles. The summed E-state index contributed by atoms with van der Waals surface area (Å²) in [7, 11) is 0. The number of alkyl halides is 3. The van der Waals surface area contributed by atoms with E-state index < -0.39 is 3.79 Å². The molecule has 72 valence electrons. The number of rotatable bonds is 0. The van der Waals surface area contributed by atoms with Crippen LogP contribution in [0.2, 0.25) is 10.2 Å². The van der Waals surface area contributed by atoms with Gasteiger partial charge in [0.15, 0.2) is 0 Å². The van der Waals surface area contributed by atoms with Crippen LogP contribution in [0.4, 0.5) is 4.48 Å². The van der Waals surface area contributed by atoms with Crippen molar-refractivity contribution >= 4 is 58.0 Å². The molecular weight excluding hydrogens is 282 g/mol. The second-order valence-electron chi connectivity index (χ2n) is 2.14. The minimum atomic E-state index is -1.87. The van der Waals surface area contributed by atoms with Gasteiger partial charge in [-0.1, -0.05) is 46.4 Å². The van der Waals surface area contributed by atoms with Gasteiger partial charge < -0.3 is 0 Å². The summed E-state index contributed by atoms with van der Waals surface area (Å²) in [4.78, 5) is 0.0247. The highest BCUT2D eigenvalue weighted by Gasteiger charge is 2.37. The van der Waals surface area contributed by atoms with Crippen molar-refractivity contribution in [2.75, 3.05) is 0 Å². The molecule has 0 aromatic carbocycles. The molecule has 0 N–H and O–H groups in total. The van der Waals surface area contributed by atoms with Crippen molar-refractivity contribution < 1.29 is 9.27 Å². The highest BCUT2D eigenvalue weighted by atomic mass is 35.6. The van der Waals surface area contributed by atoms with E-state index in [1.807, 2.05) is 0 Å². The Bertz CT molecular complexity index is 335. The van der Waals surface area contributed by atoms with E-state index in [4.69, 9.17) is 58.0 Å². The van der Waals surface area contributed by atoms with Crippen LogP contribution in [-0.2, 0) is 3.79 Å². The first kappa shape index (κ1) is 11.6. The zero-order valence-corrected chi connectivity index (χ0v) is 9.65. The molecule has 0 aliphatic heterocycles. The molecule has 13 heavy (non-hydrogen) atoms. The molecule has 0 spiro atoms. The first-order chi connectivity index (χ1) is 5.84. The molecule has 0 radical (unpaired) electrons. The Balaban J connectivity index is 3.35. The summed E-state index contributed by atoms with van der Waals surface area (Å²) in [6, 6.07) is 2.58. The third-order valence-corrected chi connectivity index (χ3v) is 2.59. The second-order valence-corrected chi connectivity index (χ2v) is 5.18. The molecule has 1 rings (SSSR count). The van der Waals surface area contributed by atoms with Crippen LogP contribution in [0.25, 0.3) is 0 Å². The third kappa shape index (κ3) is 2.51. The van der Waals surface area contributed by atoms with Gasteiger partial charge in [0.1, 0.15) is 5.02 Å². The summed E-state index contributed by atoms with van der Waals surface area (Å²) in [5, 5.41) is -0.285. The SMILES string of the molecule is F[n+]1c(C(Cl)(Cl)Cl)ccc(Cl)c1Cl. The summed E-state index contributed by atoms with van der Waals surface area (Å²) in [6.45, 7) is 0. The fourth-order valence-electron chi connectivity index (χ4n) is 0.692. The second kappa shape index (κ2) is 3.95. The van der Waals surface area contributed by atoms with E-state index in [0.717, 1.165) is 0 Å². The van der Waals surface area contributed by atoms with Gasteiger partial charge in [0, 0.05) is 10.9 Å². The van der Waals surface area contributed by atoms with Crippen molar-refractivity contribution in [3.8, 4) is 0 Å². The van der Waals surface area contributed by atoms with Gasteiger partial charge in [-0.25, -0.2) is 0 Å². The highest BCUT2D eigenvalue weighted by Crippen LogP contribution is 2.37. The fraction of sp³-hybridized carbons (Fsp3) is 0.167. The molecule has 0 saturated carbocycles. The number of nitrogens with zero attached hydrogens (tertiary/aromatic N) is 1. The van der Waals surface area contributed by atoms with Crippen LogP contribution in [0, 0.1) is 0 Å². The molecule has 0 atom stereocenters. The lowest BCUT2D eigenvalue weighted by atomic mass is 10.4.